The van der Waals surface area contributed by atoms with Crippen LogP contribution in [0, 0.1) is 0 Å². The lowest BCUT2D eigenvalue weighted by Gasteiger charge is -2.24. The Morgan fingerprint density at radius 3 is 1.76 bits per heavy atom. The fourth-order valence-electron chi connectivity index (χ4n) is 4.40. The highest BCUT2D eigenvalue weighted by Crippen LogP contribution is 2.20. The Balaban J connectivity index is 0.00000420. The molecule has 0 aliphatic rings. The van der Waals surface area contributed by atoms with Crippen LogP contribution in [0.3, 0.4) is 0 Å². The zero-order chi connectivity index (χ0) is 20.0. The van der Waals surface area contributed by atoms with Gasteiger partial charge in [0.05, 0.1) is 12.6 Å². The van der Waals surface area contributed by atoms with Crippen molar-refractivity contribution in [3.8, 4) is 0 Å². The van der Waals surface area contributed by atoms with Crippen molar-refractivity contribution in [1.29, 1.82) is 0 Å². The molecule has 1 atom stereocenters. The molecule has 0 radical (unpaired) electrons. The predicted octanol–water partition coefficient (Wildman–Crippen LogP) is 4.47. The Labute approximate surface area is 186 Å². The molecule has 0 saturated carbocycles. The molecular formula is C27H44ClN. The second-order valence-corrected chi connectivity index (χ2v) is 8.85. The van der Waals surface area contributed by atoms with Crippen molar-refractivity contribution in [3.63, 3.8) is 0 Å². The summed E-state index contributed by atoms with van der Waals surface area (Å²) in [6.45, 7) is 8.27. The molecule has 0 aliphatic carbocycles. The van der Waals surface area contributed by atoms with Gasteiger partial charge in [0.1, 0.15) is 5.69 Å². The number of benzene rings is 2. The van der Waals surface area contributed by atoms with E-state index in [0.29, 0.717) is 6.04 Å². The Hall–Kier alpha value is -1.05. The molecule has 0 heterocycles. The molecule has 29 heavy (non-hydrogen) atoms. The number of fused-ring (bicyclic) bond motifs is 1. The van der Waals surface area contributed by atoms with Crippen molar-refractivity contribution in [2.24, 2.45) is 0 Å². The highest BCUT2D eigenvalue weighted by Gasteiger charge is 2.18. The summed E-state index contributed by atoms with van der Waals surface area (Å²) in [6, 6.07) is 16.3. The van der Waals surface area contributed by atoms with Crippen LogP contribution in [0.4, 0.5) is 5.69 Å². The van der Waals surface area contributed by atoms with Crippen LogP contribution < -0.4 is 17.3 Å². The minimum atomic E-state index is 0. The van der Waals surface area contributed by atoms with Gasteiger partial charge < -0.3 is 12.4 Å². The SMILES string of the molecule is CCCCCCCCCCCCCC[NH+](c1cccc2ccccc12)C(C)C.[Cl-]. The molecule has 0 spiro atoms. The minimum Gasteiger partial charge on any atom is -1.00 e. The summed E-state index contributed by atoms with van der Waals surface area (Å²) in [5.41, 5.74) is 1.48. The van der Waals surface area contributed by atoms with Crippen LogP contribution in [0.15, 0.2) is 42.5 Å². The Morgan fingerprint density at radius 2 is 1.17 bits per heavy atom. The molecule has 2 aromatic rings. The van der Waals surface area contributed by atoms with Crippen LogP contribution in [0.25, 0.3) is 10.8 Å². The summed E-state index contributed by atoms with van der Waals surface area (Å²) in [5, 5.41) is 2.79. The van der Waals surface area contributed by atoms with Gasteiger partial charge in [0.25, 0.3) is 0 Å². The van der Waals surface area contributed by atoms with Crippen LogP contribution in [0.2, 0.25) is 0 Å². The van der Waals surface area contributed by atoms with Gasteiger partial charge in [0.15, 0.2) is 0 Å². The molecule has 1 unspecified atom stereocenters. The first-order chi connectivity index (χ1) is 13.7. The van der Waals surface area contributed by atoms with E-state index in [9.17, 15) is 0 Å². The summed E-state index contributed by atoms with van der Waals surface area (Å²) in [4.78, 5) is 1.64. The lowest BCUT2D eigenvalue weighted by molar-refractivity contribution is -0.855. The zero-order valence-corrected chi connectivity index (χ0v) is 19.9. The van der Waals surface area contributed by atoms with E-state index in [2.05, 4.69) is 63.2 Å². The van der Waals surface area contributed by atoms with Gasteiger partial charge in [-0.25, -0.2) is 0 Å². The fourth-order valence-corrected chi connectivity index (χ4v) is 4.40. The molecule has 1 N–H and O–H groups in total. The van der Waals surface area contributed by atoms with Crippen LogP contribution in [0.5, 0.6) is 0 Å². The average molecular weight is 418 g/mol. The molecule has 2 rings (SSSR count). The molecule has 0 amide bonds. The highest BCUT2D eigenvalue weighted by molar-refractivity contribution is 5.90. The van der Waals surface area contributed by atoms with Crippen molar-refractivity contribution < 1.29 is 17.3 Å². The van der Waals surface area contributed by atoms with Gasteiger partial charge in [-0.15, -0.1) is 0 Å². The van der Waals surface area contributed by atoms with E-state index in [4.69, 9.17) is 0 Å². The van der Waals surface area contributed by atoms with E-state index in [-0.39, 0.29) is 12.4 Å². The number of halogens is 1. The first-order valence-corrected chi connectivity index (χ1v) is 12.1. The summed E-state index contributed by atoms with van der Waals surface area (Å²) in [6.07, 6.45) is 17.1. The van der Waals surface area contributed by atoms with Crippen LogP contribution in [0.1, 0.15) is 97.8 Å². The minimum absolute atomic E-state index is 0. The highest BCUT2D eigenvalue weighted by atomic mass is 35.5. The maximum absolute atomic E-state index is 2.36. The number of nitrogens with one attached hydrogen (secondary N) is 1. The van der Waals surface area contributed by atoms with Crippen molar-refractivity contribution in [2.75, 3.05) is 6.54 Å². The third kappa shape index (κ3) is 9.53. The van der Waals surface area contributed by atoms with E-state index in [1.807, 2.05) is 0 Å². The number of rotatable bonds is 15. The van der Waals surface area contributed by atoms with Gasteiger partial charge in [-0.1, -0.05) is 101 Å². The van der Waals surface area contributed by atoms with Crippen LogP contribution in [-0.4, -0.2) is 12.6 Å². The van der Waals surface area contributed by atoms with Crippen molar-refractivity contribution in [1.82, 2.24) is 0 Å². The van der Waals surface area contributed by atoms with E-state index in [1.165, 1.54) is 100 Å². The summed E-state index contributed by atoms with van der Waals surface area (Å²) < 4.78 is 0. The lowest BCUT2D eigenvalue weighted by atomic mass is 10.0. The molecule has 0 fully saturated rings. The third-order valence-electron chi connectivity index (χ3n) is 6.13. The summed E-state index contributed by atoms with van der Waals surface area (Å²) in [5.74, 6) is 0. The Kier molecular flexibility index (Phi) is 14.1. The smallest absolute Gasteiger partial charge is 0.139 e. The third-order valence-corrected chi connectivity index (χ3v) is 6.13. The molecule has 0 aliphatic heterocycles. The van der Waals surface area contributed by atoms with Gasteiger partial charge in [-0.2, -0.15) is 0 Å². The molecular weight excluding hydrogens is 374 g/mol. The van der Waals surface area contributed by atoms with Crippen molar-refractivity contribution >= 4 is 16.5 Å². The Bertz CT molecular complexity index is 647. The molecule has 0 bridgehead atoms. The van der Waals surface area contributed by atoms with Gasteiger partial charge in [0.2, 0.25) is 0 Å². The second kappa shape index (κ2) is 15.7. The zero-order valence-electron chi connectivity index (χ0n) is 19.2. The van der Waals surface area contributed by atoms with E-state index in [1.54, 1.807) is 4.90 Å². The van der Waals surface area contributed by atoms with Gasteiger partial charge in [0, 0.05) is 5.39 Å². The lowest BCUT2D eigenvalue weighted by Crippen LogP contribution is -3.10. The van der Waals surface area contributed by atoms with Crippen LogP contribution >= 0.6 is 0 Å². The molecule has 164 valence electrons. The molecule has 2 heteroatoms. The van der Waals surface area contributed by atoms with Gasteiger partial charge in [-0.05, 0) is 44.2 Å². The largest absolute Gasteiger partial charge is 1.00 e. The normalized spacial score (nSPS) is 12.3. The summed E-state index contributed by atoms with van der Waals surface area (Å²) in [7, 11) is 0. The van der Waals surface area contributed by atoms with E-state index >= 15 is 0 Å². The van der Waals surface area contributed by atoms with E-state index < -0.39 is 0 Å². The van der Waals surface area contributed by atoms with Crippen molar-refractivity contribution in [2.45, 2.75) is 104 Å². The number of quaternary nitrogens is 1. The number of unbranched alkanes of at least 4 members (excludes halogenated alkanes) is 11. The Morgan fingerprint density at radius 1 is 0.655 bits per heavy atom. The maximum Gasteiger partial charge on any atom is 0.139 e. The average Bonchev–Trinajstić information content (AvgIpc) is 2.71. The summed E-state index contributed by atoms with van der Waals surface area (Å²) >= 11 is 0. The predicted molar refractivity (Wildman–Crippen MR) is 126 cm³/mol. The molecule has 1 nitrogen and oxygen atoms in total. The fraction of sp³-hybridized carbons (Fsp3) is 0.630. The van der Waals surface area contributed by atoms with Crippen LogP contribution in [-0.2, 0) is 0 Å². The topological polar surface area (TPSA) is 4.44 Å². The first-order valence-electron chi connectivity index (χ1n) is 12.1. The second-order valence-electron chi connectivity index (χ2n) is 8.85. The quantitative estimate of drug-likeness (QED) is 0.408. The monoisotopic (exact) mass is 417 g/mol. The molecule has 0 aromatic heterocycles. The van der Waals surface area contributed by atoms with Gasteiger partial charge in [-0.3, -0.25) is 4.90 Å². The maximum atomic E-state index is 2.36. The number of hydrogen-bond acceptors (Lipinski definition) is 0. The molecule has 2 aromatic carbocycles. The first kappa shape index (κ1) is 26.0. The van der Waals surface area contributed by atoms with Crippen molar-refractivity contribution in [3.05, 3.63) is 42.5 Å². The molecule has 0 saturated heterocycles. The van der Waals surface area contributed by atoms with Gasteiger partial charge >= 0.3 is 0 Å². The van der Waals surface area contributed by atoms with E-state index in [0.717, 1.165) is 0 Å². The standard InChI is InChI=1S/C27H43N.ClH/c1-4-5-6-7-8-9-10-11-12-13-14-17-23-28(24(2)3)27-22-18-20-25-19-15-16-21-26(25)27;/h15-16,18-22,24H,4-14,17,23H2,1-3H3;1H. The number of hydrogen-bond donors (Lipinski definition) is 1.